The van der Waals surface area contributed by atoms with Gasteiger partial charge in [0.15, 0.2) is 0 Å². The highest BCUT2D eigenvalue weighted by Crippen LogP contribution is 2.34. The predicted molar refractivity (Wildman–Crippen MR) is 98.3 cm³/mol. The van der Waals surface area contributed by atoms with Crippen molar-refractivity contribution < 1.29 is 18.7 Å². The molecule has 3 rings (SSSR count). The van der Waals surface area contributed by atoms with Crippen LogP contribution in [0.15, 0.2) is 21.3 Å². The van der Waals surface area contributed by atoms with E-state index in [0.29, 0.717) is 43.5 Å². The molecule has 1 aromatic carbocycles. The molecular weight excluding hydrogens is 334 g/mol. The number of carbonyl (C=O) groups excluding carboxylic acids is 1. The van der Waals surface area contributed by atoms with E-state index in [1.807, 2.05) is 19.1 Å². The van der Waals surface area contributed by atoms with E-state index in [2.05, 4.69) is 18.7 Å². The molecule has 6 heteroatoms. The number of benzene rings is 1. The Kier molecular flexibility index (Phi) is 5.32. The van der Waals surface area contributed by atoms with Crippen LogP contribution in [0.2, 0.25) is 0 Å². The van der Waals surface area contributed by atoms with Crippen LogP contribution in [-0.2, 0) is 22.5 Å². The van der Waals surface area contributed by atoms with Crippen molar-refractivity contribution in [3.05, 3.63) is 39.2 Å². The number of rotatable bonds is 5. The summed E-state index contributed by atoms with van der Waals surface area (Å²) in [6.45, 7) is 9.41. The van der Waals surface area contributed by atoms with Gasteiger partial charge >= 0.3 is 11.6 Å². The maximum Gasteiger partial charge on any atom is 0.339 e. The van der Waals surface area contributed by atoms with E-state index in [1.165, 1.54) is 0 Å². The van der Waals surface area contributed by atoms with Gasteiger partial charge in [-0.3, -0.25) is 9.69 Å². The van der Waals surface area contributed by atoms with Gasteiger partial charge in [0.05, 0.1) is 12.2 Å². The molecule has 0 unspecified atom stereocenters. The van der Waals surface area contributed by atoms with Gasteiger partial charge in [0.1, 0.15) is 18.1 Å². The monoisotopic (exact) mass is 359 g/mol. The van der Waals surface area contributed by atoms with Crippen molar-refractivity contribution in [2.45, 2.75) is 53.1 Å². The summed E-state index contributed by atoms with van der Waals surface area (Å²) in [5.41, 5.74) is 2.47. The number of hydrogen-bond acceptors (Lipinski definition) is 6. The zero-order valence-corrected chi connectivity index (χ0v) is 15.8. The van der Waals surface area contributed by atoms with Gasteiger partial charge in [0, 0.05) is 30.0 Å². The first-order chi connectivity index (χ1) is 12.4. The van der Waals surface area contributed by atoms with Gasteiger partial charge in [-0.25, -0.2) is 4.79 Å². The molecular formula is C20H25NO5. The molecule has 0 fully saturated rings. The van der Waals surface area contributed by atoms with Crippen LogP contribution in [0.4, 0.5) is 0 Å². The topological polar surface area (TPSA) is 69.0 Å². The average Bonchev–Trinajstić information content (AvgIpc) is 2.61. The summed E-state index contributed by atoms with van der Waals surface area (Å²) < 4.78 is 16.4. The van der Waals surface area contributed by atoms with Crippen LogP contribution >= 0.6 is 0 Å². The maximum atomic E-state index is 12.6. The molecule has 1 aliphatic rings. The second-order valence-corrected chi connectivity index (χ2v) is 6.83. The minimum Gasteiger partial charge on any atom is -0.478 e. The molecule has 140 valence electrons. The molecule has 0 spiro atoms. The fraction of sp³-hybridized carbons (Fsp3) is 0.500. The standard InChI is InChI=1S/C20H25NO5/c1-5-24-18(22)9-7-15-13(4)14-6-8-17-16(19(14)26-20(15)23)10-21(11-25-17)12(2)3/h6,8,12H,5,7,9-11H2,1-4H3. The quantitative estimate of drug-likeness (QED) is 0.603. The van der Waals surface area contributed by atoms with Crippen molar-refractivity contribution in [1.82, 2.24) is 4.90 Å². The molecule has 0 N–H and O–H groups in total. The minimum atomic E-state index is -0.394. The molecule has 0 amide bonds. The lowest BCUT2D eigenvalue weighted by molar-refractivity contribution is -0.143. The van der Waals surface area contributed by atoms with E-state index < -0.39 is 5.63 Å². The van der Waals surface area contributed by atoms with Crippen molar-refractivity contribution in [2.24, 2.45) is 0 Å². The fourth-order valence-electron chi connectivity index (χ4n) is 3.26. The van der Waals surface area contributed by atoms with E-state index in [0.717, 1.165) is 22.3 Å². The third kappa shape index (κ3) is 3.46. The average molecular weight is 359 g/mol. The Morgan fingerprint density at radius 1 is 1.35 bits per heavy atom. The van der Waals surface area contributed by atoms with E-state index in [-0.39, 0.29) is 12.4 Å². The molecule has 1 aromatic heterocycles. The van der Waals surface area contributed by atoms with Crippen LogP contribution in [-0.4, -0.2) is 30.2 Å². The normalized spacial score (nSPS) is 14.3. The van der Waals surface area contributed by atoms with Crippen LogP contribution in [0.5, 0.6) is 5.75 Å². The first kappa shape index (κ1) is 18.5. The zero-order valence-electron chi connectivity index (χ0n) is 15.8. The number of nitrogens with zero attached hydrogens (tertiary/aromatic N) is 1. The molecule has 0 saturated heterocycles. The number of carbonyl (C=O) groups is 1. The Hall–Kier alpha value is -2.34. The summed E-state index contributed by atoms with van der Waals surface area (Å²) in [4.78, 5) is 26.3. The summed E-state index contributed by atoms with van der Waals surface area (Å²) >= 11 is 0. The lowest BCUT2D eigenvalue weighted by Gasteiger charge is -2.32. The molecule has 1 aliphatic heterocycles. The summed E-state index contributed by atoms with van der Waals surface area (Å²) in [6.07, 6.45) is 0.481. The number of aryl methyl sites for hydroxylation is 1. The molecule has 2 aromatic rings. The van der Waals surface area contributed by atoms with E-state index in [1.54, 1.807) is 6.92 Å². The second kappa shape index (κ2) is 7.50. The lowest BCUT2D eigenvalue weighted by atomic mass is 9.99. The maximum absolute atomic E-state index is 12.6. The van der Waals surface area contributed by atoms with Gasteiger partial charge in [-0.05, 0) is 51.8 Å². The van der Waals surface area contributed by atoms with Crippen molar-refractivity contribution in [1.29, 1.82) is 0 Å². The lowest BCUT2D eigenvalue weighted by Crippen LogP contribution is -2.37. The molecule has 0 saturated carbocycles. The van der Waals surface area contributed by atoms with Gasteiger partial charge in [-0.15, -0.1) is 0 Å². The molecule has 0 aliphatic carbocycles. The van der Waals surface area contributed by atoms with Gasteiger partial charge in [0.2, 0.25) is 0 Å². The van der Waals surface area contributed by atoms with Gasteiger partial charge in [0.25, 0.3) is 0 Å². The first-order valence-electron chi connectivity index (χ1n) is 9.03. The minimum absolute atomic E-state index is 0.167. The summed E-state index contributed by atoms with van der Waals surface area (Å²) in [7, 11) is 0. The molecule has 0 radical (unpaired) electrons. The van der Waals surface area contributed by atoms with Gasteiger partial charge < -0.3 is 13.9 Å². The predicted octanol–water partition coefficient (Wildman–Crippen LogP) is 3.16. The smallest absolute Gasteiger partial charge is 0.339 e. The van der Waals surface area contributed by atoms with Crippen LogP contribution in [0.25, 0.3) is 11.0 Å². The molecule has 0 bridgehead atoms. The number of fused-ring (bicyclic) bond motifs is 3. The Balaban J connectivity index is 2.00. The summed E-state index contributed by atoms with van der Waals surface area (Å²) in [6, 6.07) is 4.18. The SMILES string of the molecule is CCOC(=O)CCc1c(C)c2ccc3c(c2oc1=O)CN(C(C)C)CO3. The number of ether oxygens (including phenoxy) is 2. The van der Waals surface area contributed by atoms with Crippen molar-refractivity contribution in [3.63, 3.8) is 0 Å². The molecule has 0 atom stereocenters. The molecule has 6 nitrogen and oxygen atoms in total. The highest BCUT2D eigenvalue weighted by Gasteiger charge is 2.24. The Bertz CT molecular complexity index is 884. The van der Waals surface area contributed by atoms with Gasteiger partial charge in [-0.2, -0.15) is 0 Å². The largest absolute Gasteiger partial charge is 0.478 e. The van der Waals surface area contributed by atoms with E-state index in [4.69, 9.17) is 13.9 Å². The van der Waals surface area contributed by atoms with E-state index >= 15 is 0 Å². The Labute approximate surface area is 152 Å². The highest BCUT2D eigenvalue weighted by molar-refractivity contribution is 5.86. The van der Waals surface area contributed by atoms with Crippen molar-refractivity contribution >= 4 is 16.9 Å². The van der Waals surface area contributed by atoms with Gasteiger partial charge in [-0.1, -0.05) is 0 Å². The first-order valence-corrected chi connectivity index (χ1v) is 9.03. The summed E-state index contributed by atoms with van der Waals surface area (Å²) in [5.74, 6) is 0.453. The third-order valence-corrected chi connectivity index (χ3v) is 4.88. The molecule has 26 heavy (non-hydrogen) atoms. The van der Waals surface area contributed by atoms with E-state index in [9.17, 15) is 9.59 Å². The number of esters is 1. The Morgan fingerprint density at radius 2 is 2.12 bits per heavy atom. The summed E-state index contributed by atoms with van der Waals surface area (Å²) in [5, 5.41) is 0.886. The molecule has 2 heterocycles. The van der Waals surface area contributed by atoms with Crippen LogP contribution in [0.1, 0.15) is 43.9 Å². The third-order valence-electron chi connectivity index (χ3n) is 4.88. The Morgan fingerprint density at radius 3 is 2.81 bits per heavy atom. The number of hydrogen-bond donors (Lipinski definition) is 0. The highest BCUT2D eigenvalue weighted by atomic mass is 16.5. The van der Waals surface area contributed by atoms with Crippen molar-refractivity contribution in [2.75, 3.05) is 13.3 Å². The fourth-order valence-corrected chi connectivity index (χ4v) is 3.26. The second-order valence-electron chi connectivity index (χ2n) is 6.83. The zero-order chi connectivity index (χ0) is 18.8. The van der Waals surface area contributed by atoms with Crippen LogP contribution < -0.4 is 10.4 Å². The van der Waals surface area contributed by atoms with Crippen LogP contribution in [0, 0.1) is 6.92 Å². The van der Waals surface area contributed by atoms with Crippen LogP contribution in [0.3, 0.4) is 0 Å². The van der Waals surface area contributed by atoms with Crippen molar-refractivity contribution in [3.8, 4) is 5.75 Å².